The molecule has 1 aromatic carbocycles. The van der Waals surface area contributed by atoms with Crippen molar-refractivity contribution in [3.8, 4) is 5.69 Å². The van der Waals surface area contributed by atoms with E-state index in [1.807, 2.05) is 15.8 Å². The summed E-state index contributed by atoms with van der Waals surface area (Å²) in [4.78, 5) is 15.3. The number of rotatable bonds is 7. The van der Waals surface area contributed by atoms with Gasteiger partial charge >= 0.3 is 0 Å². The van der Waals surface area contributed by atoms with Crippen LogP contribution < -0.4 is 0 Å². The maximum atomic E-state index is 13.4. The molecule has 1 saturated carbocycles. The summed E-state index contributed by atoms with van der Waals surface area (Å²) in [5.41, 5.74) is 4.04. The maximum absolute atomic E-state index is 13.4. The van der Waals surface area contributed by atoms with Crippen LogP contribution in [0.1, 0.15) is 50.8 Å². The van der Waals surface area contributed by atoms with E-state index in [-0.39, 0.29) is 29.7 Å². The zero-order valence-electron chi connectivity index (χ0n) is 17.8. The predicted octanol–water partition coefficient (Wildman–Crippen LogP) is 3.99. The lowest BCUT2D eigenvalue weighted by Gasteiger charge is -2.37. The van der Waals surface area contributed by atoms with Crippen LogP contribution in [0.2, 0.25) is 0 Å². The number of unbranched alkanes of at least 4 members (excludes halogenated alkanes) is 1. The van der Waals surface area contributed by atoms with Gasteiger partial charge in [0.05, 0.1) is 24.2 Å². The second-order valence-electron chi connectivity index (χ2n) is 8.70. The van der Waals surface area contributed by atoms with Crippen molar-refractivity contribution in [1.82, 2.24) is 14.7 Å². The first-order chi connectivity index (χ1) is 14.5. The molecule has 0 radical (unpaired) electrons. The molecule has 2 aliphatic carbocycles. The number of aliphatic hydroxyl groups is 1. The highest BCUT2D eigenvalue weighted by molar-refractivity contribution is 5.82. The first-order valence-corrected chi connectivity index (χ1v) is 10.9. The van der Waals surface area contributed by atoms with Crippen molar-refractivity contribution >= 4 is 12.0 Å². The third-order valence-electron chi connectivity index (χ3n) is 6.79. The normalized spacial score (nSPS) is 22.4. The Balaban J connectivity index is 1.62. The maximum Gasteiger partial charge on any atom is 0.226 e. The molecule has 1 aromatic heterocycles. The van der Waals surface area contributed by atoms with Crippen LogP contribution in [0.15, 0.2) is 36.0 Å². The molecule has 0 bridgehead atoms. The Morgan fingerprint density at radius 1 is 1.33 bits per heavy atom. The Bertz CT molecular complexity index is 950. The van der Waals surface area contributed by atoms with E-state index in [1.165, 1.54) is 17.7 Å². The van der Waals surface area contributed by atoms with Crippen molar-refractivity contribution in [3.63, 3.8) is 0 Å². The summed E-state index contributed by atoms with van der Waals surface area (Å²) in [6.45, 7) is 5.41. The van der Waals surface area contributed by atoms with Crippen molar-refractivity contribution in [2.24, 2.45) is 11.3 Å². The van der Waals surface area contributed by atoms with Gasteiger partial charge in [0.2, 0.25) is 5.91 Å². The Kier molecular flexibility index (Phi) is 5.78. The molecule has 2 aliphatic rings. The predicted molar refractivity (Wildman–Crippen MR) is 115 cm³/mol. The van der Waals surface area contributed by atoms with Crippen LogP contribution in [0.4, 0.5) is 4.39 Å². The monoisotopic (exact) mass is 411 g/mol. The van der Waals surface area contributed by atoms with E-state index in [1.54, 1.807) is 12.1 Å². The number of hydrogen-bond donors (Lipinski definition) is 1. The standard InChI is InChI=1S/C24H30FN3O2/c1-3-4-11-27(12-13-29)23(30)21-10-5-18-14-22-17(15-24(18,21)2)16-26-28(22)20-8-6-19(25)7-9-20/h6-9,14,16,21,29H,3-5,10-13,15H2,1-2H3/t21-,24+/m1/s1. The van der Waals surface area contributed by atoms with E-state index in [0.29, 0.717) is 13.1 Å². The lowest BCUT2D eigenvalue weighted by molar-refractivity contribution is -0.138. The molecule has 4 rings (SSSR count). The number of fused-ring (bicyclic) bond motifs is 2. The minimum absolute atomic E-state index is 0.00380. The van der Waals surface area contributed by atoms with Crippen molar-refractivity contribution in [1.29, 1.82) is 0 Å². The van der Waals surface area contributed by atoms with Gasteiger partial charge in [-0.15, -0.1) is 0 Å². The molecule has 0 unspecified atom stereocenters. The molecular formula is C24H30FN3O2. The Morgan fingerprint density at radius 2 is 2.10 bits per heavy atom. The van der Waals surface area contributed by atoms with Crippen LogP contribution in [0.5, 0.6) is 0 Å². The number of benzene rings is 1. The molecular weight excluding hydrogens is 381 g/mol. The molecule has 5 nitrogen and oxygen atoms in total. The van der Waals surface area contributed by atoms with Gasteiger partial charge < -0.3 is 10.0 Å². The van der Waals surface area contributed by atoms with Gasteiger partial charge in [-0.1, -0.05) is 25.8 Å². The molecule has 1 amide bonds. The average molecular weight is 412 g/mol. The molecule has 1 fully saturated rings. The third-order valence-corrected chi connectivity index (χ3v) is 6.79. The second-order valence-corrected chi connectivity index (χ2v) is 8.70. The van der Waals surface area contributed by atoms with Crippen molar-refractivity contribution in [3.05, 3.63) is 53.1 Å². The van der Waals surface area contributed by atoms with E-state index >= 15 is 0 Å². The van der Waals surface area contributed by atoms with Crippen LogP contribution >= 0.6 is 0 Å². The van der Waals surface area contributed by atoms with E-state index in [0.717, 1.165) is 49.0 Å². The highest BCUT2D eigenvalue weighted by Crippen LogP contribution is 2.53. The molecule has 1 heterocycles. The van der Waals surface area contributed by atoms with Gasteiger partial charge in [-0.25, -0.2) is 9.07 Å². The molecule has 160 valence electrons. The van der Waals surface area contributed by atoms with Crippen LogP contribution in [0, 0.1) is 17.2 Å². The number of carbonyl (C=O) groups excluding carboxylic acids is 1. The number of aromatic nitrogens is 2. The minimum atomic E-state index is -0.265. The van der Waals surface area contributed by atoms with E-state index in [9.17, 15) is 14.3 Å². The highest BCUT2D eigenvalue weighted by atomic mass is 19.1. The fourth-order valence-electron chi connectivity index (χ4n) is 5.05. The lowest BCUT2D eigenvalue weighted by Crippen LogP contribution is -2.44. The van der Waals surface area contributed by atoms with Crippen molar-refractivity contribution in [2.75, 3.05) is 19.7 Å². The second kappa shape index (κ2) is 8.34. The first-order valence-electron chi connectivity index (χ1n) is 10.9. The van der Waals surface area contributed by atoms with Gasteiger partial charge in [-0.05, 0) is 61.6 Å². The Hall–Kier alpha value is -2.47. The lowest BCUT2D eigenvalue weighted by atomic mass is 9.69. The van der Waals surface area contributed by atoms with Gasteiger partial charge in [-0.3, -0.25) is 4.79 Å². The number of halogens is 1. The van der Waals surface area contributed by atoms with E-state index in [4.69, 9.17) is 0 Å². The summed E-state index contributed by atoms with van der Waals surface area (Å²) in [7, 11) is 0. The third kappa shape index (κ3) is 3.58. The number of aliphatic hydroxyl groups excluding tert-OH is 1. The topological polar surface area (TPSA) is 58.4 Å². The summed E-state index contributed by atoms with van der Waals surface area (Å²) in [5, 5.41) is 14.0. The fourth-order valence-corrected chi connectivity index (χ4v) is 5.05. The first kappa shape index (κ1) is 20.8. The summed E-state index contributed by atoms with van der Waals surface area (Å²) in [6.07, 6.45) is 8.53. The number of allylic oxidation sites excluding steroid dienone is 1. The van der Waals surface area contributed by atoms with Crippen molar-refractivity contribution < 1.29 is 14.3 Å². The zero-order valence-corrected chi connectivity index (χ0v) is 17.8. The molecule has 2 aromatic rings. The van der Waals surface area contributed by atoms with Gasteiger partial charge in [0.15, 0.2) is 0 Å². The quantitative estimate of drug-likeness (QED) is 0.750. The largest absolute Gasteiger partial charge is 0.395 e. The number of nitrogens with zero attached hydrogens (tertiary/aromatic N) is 3. The smallest absolute Gasteiger partial charge is 0.226 e. The molecule has 0 spiro atoms. The summed E-state index contributed by atoms with van der Waals surface area (Å²) >= 11 is 0. The van der Waals surface area contributed by atoms with Gasteiger partial charge in [0.25, 0.3) is 0 Å². The fraction of sp³-hybridized carbons (Fsp3) is 0.500. The number of amides is 1. The molecule has 0 saturated heterocycles. The van der Waals surface area contributed by atoms with E-state index in [2.05, 4.69) is 25.0 Å². The Labute approximate surface area is 177 Å². The van der Waals surface area contributed by atoms with Crippen molar-refractivity contribution in [2.45, 2.75) is 46.0 Å². The van der Waals surface area contributed by atoms with Crippen LogP contribution in [0.25, 0.3) is 11.8 Å². The summed E-state index contributed by atoms with van der Waals surface area (Å²) in [6, 6.07) is 6.35. The zero-order chi connectivity index (χ0) is 21.3. The number of carbonyl (C=O) groups is 1. The van der Waals surface area contributed by atoms with Crippen LogP contribution in [-0.2, 0) is 11.2 Å². The average Bonchev–Trinajstić information content (AvgIpc) is 3.29. The highest BCUT2D eigenvalue weighted by Gasteiger charge is 2.49. The SMILES string of the molecule is CCCCN(CCO)C(=O)[C@H]1CCC2=Cc3c(cnn3-c3ccc(F)cc3)C[C@@]21C. The molecule has 6 heteroatoms. The minimum Gasteiger partial charge on any atom is -0.395 e. The van der Waals surface area contributed by atoms with Gasteiger partial charge in [0, 0.05) is 24.4 Å². The molecule has 2 atom stereocenters. The Morgan fingerprint density at radius 3 is 2.80 bits per heavy atom. The molecule has 0 aliphatic heterocycles. The summed E-state index contributed by atoms with van der Waals surface area (Å²) < 4.78 is 15.2. The molecule has 1 N–H and O–H groups in total. The van der Waals surface area contributed by atoms with Gasteiger partial charge in [0.1, 0.15) is 5.82 Å². The van der Waals surface area contributed by atoms with Crippen LogP contribution in [-0.4, -0.2) is 45.4 Å². The number of hydrogen-bond acceptors (Lipinski definition) is 3. The van der Waals surface area contributed by atoms with Gasteiger partial charge in [-0.2, -0.15) is 5.10 Å². The van der Waals surface area contributed by atoms with Crippen LogP contribution in [0.3, 0.4) is 0 Å². The molecule has 30 heavy (non-hydrogen) atoms. The summed E-state index contributed by atoms with van der Waals surface area (Å²) in [5.74, 6) is -0.175. The van der Waals surface area contributed by atoms with E-state index < -0.39 is 0 Å².